The number of carboxylic acids is 1. The molecule has 26 heavy (non-hydrogen) atoms. The quantitative estimate of drug-likeness (QED) is 0.474. The number of hydrogen-bond donors (Lipinski definition) is 4. The lowest BCUT2D eigenvalue weighted by atomic mass is 10.1. The van der Waals surface area contributed by atoms with Gasteiger partial charge in [0.15, 0.2) is 0 Å². The minimum atomic E-state index is -1.26. The van der Waals surface area contributed by atoms with E-state index >= 15 is 0 Å². The number of aliphatic hydroxyl groups excluding tert-OH is 1. The second-order valence-corrected chi connectivity index (χ2v) is 5.46. The van der Waals surface area contributed by atoms with Crippen molar-refractivity contribution in [2.24, 2.45) is 0 Å². The van der Waals surface area contributed by atoms with Gasteiger partial charge in [0, 0.05) is 13.0 Å². The molecular formula is C17H21N3O6. The summed E-state index contributed by atoms with van der Waals surface area (Å²) in [6.45, 7) is -0.153. The second kappa shape index (κ2) is 11.4. The van der Waals surface area contributed by atoms with E-state index in [9.17, 15) is 19.5 Å². The fourth-order valence-corrected chi connectivity index (χ4v) is 1.98. The van der Waals surface area contributed by atoms with E-state index in [1.54, 1.807) is 30.3 Å². The van der Waals surface area contributed by atoms with Crippen molar-refractivity contribution in [3.63, 3.8) is 0 Å². The molecule has 0 unspecified atom stereocenters. The van der Waals surface area contributed by atoms with Gasteiger partial charge in [0.25, 0.3) is 0 Å². The van der Waals surface area contributed by atoms with E-state index in [1.807, 2.05) is 6.07 Å². The molecule has 140 valence electrons. The van der Waals surface area contributed by atoms with Gasteiger partial charge in [0.2, 0.25) is 5.91 Å². The van der Waals surface area contributed by atoms with Crippen LogP contribution in [0.25, 0.3) is 0 Å². The zero-order valence-electron chi connectivity index (χ0n) is 14.1. The highest BCUT2D eigenvalue weighted by molar-refractivity contribution is 5.83. The summed E-state index contributed by atoms with van der Waals surface area (Å²) < 4.78 is 4.95. The third kappa shape index (κ3) is 8.65. The van der Waals surface area contributed by atoms with E-state index in [1.165, 1.54) is 0 Å². The van der Waals surface area contributed by atoms with Crippen molar-refractivity contribution in [1.29, 1.82) is 5.26 Å². The Labute approximate surface area is 150 Å². The van der Waals surface area contributed by atoms with Crippen LogP contribution >= 0.6 is 0 Å². The van der Waals surface area contributed by atoms with Crippen molar-refractivity contribution >= 4 is 18.0 Å². The van der Waals surface area contributed by atoms with Gasteiger partial charge in [-0.25, -0.2) is 9.59 Å². The largest absolute Gasteiger partial charge is 0.480 e. The van der Waals surface area contributed by atoms with E-state index in [0.717, 1.165) is 5.56 Å². The molecule has 0 aliphatic rings. The van der Waals surface area contributed by atoms with E-state index < -0.39 is 36.5 Å². The molecule has 9 nitrogen and oxygen atoms in total. The first-order chi connectivity index (χ1) is 12.4. The van der Waals surface area contributed by atoms with Gasteiger partial charge in [0.1, 0.15) is 12.6 Å². The standard InChI is InChI=1S/C17H21N3O6/c18-8-4-7-14(16(23)24)20-15(22)9-13(21)10-19-17(25)26-11-12-5-2-1-3-6-12/h1-3,5-6,13-14,21H,4,7,9-11H2,(H,19,25)(H,20,22)(H,23,24)/t13-,14-/m1/s1. The molecule has 0 bridgehead atoms. The molecule has 9 heteroatoms. The number of aliphatic hydroxyl groups is 1. The summed E-state index contributed by atoms with van der Waals surface area (Å²) in [5.41, 5.74) is 0.805. The summed E-state index contributed by atoms with van der Waals surface area (Å²) in [5.74, 6) is -1.95. The van der Waals surface area contributed by atoms with Crippen LogP contribution in [0.1, 0.15) is 24.8 Å². The van der Waals surface area contributed by atoms with Crippen LogP contribution in [0.3, 0.4) is 0 Å². The highest BCUT2D eigenvalue weighted by Crippen LogP contribution is 2.01. The average molecular weight is 363 g/mol. The summed E-state index contributed by atoms with van der Waals surface area (Å²) in [6.07, 6.45) is -2.39. The molecule has 0 aliphatic heterocycles. The van der Waals surface area contributed by atoms with Crippen molar-refractivity contribution < 1.29 is 29.3 Å². The van der Waals surface area contributed by atoms with Crippen molar-refractivity contribution in [2.75, 3.05) is 6.54 Å². The Hall–Kier alpha value is -3.12. The molecule has 2 amide bonds. The summed E-state index contributed by atoms with van der Waals surface area (Å²) in [7, 11) is 0. The predicted octanol–water partition coefficient (Wildman–Crippen LogP) is 0.537. The summed E-state index contributed by atoms with van der Waals surface area (Å²) in [4.78, 5) is 34.2. The van der Waals surface area contributed by atoms with Gasteiger partial charge in [-0.1, -0.05) is 30.3 Å². The monoisotopic (exact) mass is 363 g/mol. The molecule has 0 saturated heterocycles. The molecule has 0 saturated carbocycles. The number of aliphatic carboxylic acids is 1. The number of alkyl carbamates (subject to hydrolysis) is 1. The highest BCUT2D eigenvalue weighted by atomic mass is 16.5. The molecule has 1 aromatic carbocycles. The van der Waals surface area contributed by atoms with Gasteiger partial charge >= 0.3 is 12.1 Å². The number of carbonyl (C=O) groups is 3. The minimum absolute atomic E-state index is 0.0192. The van der Waals surface area contributed by atoms with Crippen LogP contribution in [-0.4, -0.2) is 46.9 Å². The molecule has 0 heterocycles. The van der Waals surface area contributed by atoms with E-state index in [0.29, 0.717) is 0 Å². The number of ether oxygens (including phenoxy) is 1. The first kappa shape index (κ1) is 20.9. The first-order valence-corrected chi connectivity index (χ1v) is 7.94. The zero-order chi connectivity index (χ0) is 19.4. The van der Waals surface area contributed by atoms with Crippen molar-refractivity contribution in [3.05, 3.63) is 35.9 Å². The van der Waals surface area contributed by atoms with Gasteiger partial charge in [-0.3, -0.25) is 4.79 Å². The van der Waals surface area contributed by atoms with Crippen LogP contribution in [0.2, 0.25) is 0 Å². The van der Waals surface area contributed by atoms with Crippen LogP contribution in [0.15, 0.2) is 30.3 Å². The Bertz CT molecular complexity index is 644. The smallest absolute Gasteiger partial charge is 0.407 e. The van der Waals surface area contributed by atoms with Crippen LogP contribution in [0.4, 0.5) is 4.79 Å². The number of rotatable bonds is 10. The van der Waals surface area contributed by atoms with Crippen LogP contribution < -0.4 is 10.6 Å². The number of nitriles is 1. The molecule has 0 aromatic heterocycles. The number of benzene rings is 1. The second-order valence-electron chi connectivity index (χ2n) is 5.46. The number of hydrogen-bond acceptors (Lipinski definition) is 6. The van der Waals surface area contributed by atoms with Crippen LogP contribution in [0.5, 0.6) is 0 Å². The molecule has 0 fully saturated rings. The average Bonchev–Trinajstić information content (AvgIpc) is 2.62. The number of nitrogens with zero attached hydrogens (tertiary/aromatic N) is 1. The fraction of sp³-hybridized carbons (Fsp3) is 0.412. The summed E-state index contributed by atoms with van der Waals surface area (Å²) in [5, 5.41) is 31.7. The molecular weight excluding hydrogens is 342 g/mol. The van der Waals surface area contributed by atoms with Gasteiger partial charge in [-0.2, -0.15) is 5.26 Å². The normalized spacial score (nSPS) is 12.3. The number of carboxylic acid groups (broad SMARTS) is 1. The fourth-order valence-electron chi connectivity index (χ4n) is 1.98. The zero-order valence-corrected chi connectivity index (χ0v) is 14.1. The molecule has 0 radical (unpaired) electrons. The number of carbonyl (C=O) groups excluding carboxylic acids is 2. The third-order valence-corrected chi connectivity index (χ3v) is 3.29. The van der Waals surface area contributed by atoms with E-state index in [4.69, 9.17) is 15.1 Å². The van der Waals surface area contributed by atoms with Gasteiger partial charge < -0.3 is 25.6 Å². The summed E-state index contributed by atoms with van der Waals surface area (Å²) in [6, 6.07) is 9.63. The minimum Gasteiger partial charge on any atom is -0.480 e. The van der Waals surface area contributed by atoms with Crippen LogP contribution in [-0.2, 0) is 20.9 Å². The third-order valence-electron chi connectivity index (χ3n) is 3.29. The lowest BCUT2D eigenvalue weighted by Gasteiger charge is -2.15. The Balaban J connectivity index is 2.28. The Morgan fingerprint density at radius 3 is 2.54 bits per heavy atom. The highest BCUT2D eigenvalue weighted by Gasteiger charge is 2.21. The van der Waals surface area contributed by atoms with Gasteiger partial charge in [0.05, 0.1) is 18.6 Å². The number of nitrogens with one attached hydrogen (secondary N) is 2. The number of amides is 2. The van der Waals surface area contributed by atoms with Gasteiger partial charge in [-0.15, -0.1) is 0 Å². The van der Waals surface area contributed by atoms with Crippen molar-refractivity contribution in [3.8, 4) is 6.07 Å². The predicted molar refractivity (Wildman–Crippen MR) is 89.7 cm³/mol. The SMILES string of the molecule is N#CCC[C@@H](NC(=O)C[C@@H](O)CNC(=O)OCc1ccccc1)C(=O)O. The molecule has 0 spiro atoms. The maximum Gasteiger partial charge on any atom is 0.407 e. The molecule has 4 N–H and O–H groups in total. The Morgan fingerprint density at radius 1 is 1.23 bits per heavy atom. The van der Waals surface area contributed by atoms with Crippen molar-refractivity contribution in [2.45, 2.75) is 38.0 Å². The molecule has 1 aromatic rings. The first-order valence-electron chi connectivity index (χ1n) is 7.94. The lowest BCUT2D eigenvalue weighted by Crippen LogP contribution is -2.43. The molecule has 1 rings (SSSR count). The van der Waals surface area contributed by atoms with Crippen LogP contribution in [0, 0.1) is 11.3 Å². The molecule has 2 atom stereocenters. The van der Waals surface area contributed by atoms with E-state index in [2.05, 4.69) is 10.6 Å². The maximum absolute atomic E-state index is 11.7. The van der Waals surface area contributed by atoms with Crippen molar-refractivity contribution in [1.82, 2.24) is 10.6 Å². The Morgan fingerprint density at radius 2 is 1.92 bits per heavy atom. The van der Waals surface area contributed by atoms with E-state index in [-0.39, 0.29) is 26.0 Å². The topological polar surface area (TPSA) is 149 Å². The maximum atomic E-state index is 11.7. The Kier molecular flexibility index (Phi) is 9.20. The summed E-state index contributed by atoms with van der Waals surface area (Å²) >= 11 is 0. The van der Waals surface area contributed by atoms with Gasteiger partial charge in [-0.05, 0) is 12.0 Å². The molecule has 0 aliphatic carbocycles. The lowest BCUT2D eigenvalue weighted by molar-refractivity contribution is -0.142.